The lowest BCUT2D eigenvalue weighted by atomic mass is 10.2. The van der Waals surface area contributed by atoms with Crippen molar-refractivity contribution in [3.63, 3.8) is 0 Å². The van der Waals surface area contributed by atoms with Crippen LogP contribution < -0.4 is 10.0 Å². The monoisotopic (exact) mass is 314 g/mol. The SMILES string of the molecule is Cc1ccncc1CNS(=O)(=O)N(C)CCCNC(C)C. The highest BCUT2D eigenvalue weighted by Gasteiger charge is 2.16. The molecule has 0 radical (unpaired) electrons. The molecule has 7 heteroatoms. The number of rotatable bonds is 9. The highest BCUT2D eigenvalue weighted by molar-refractivity contribution is 7.87. The van der Waals surface area contributed by atoms with Crippen molar-refractivity contribution in [1.29, 1.82) is 0 Å². The first-order valence-electron chi connectivity index (χ1n) is 7.16. The Morgan fingerprint density at radius 1 is 1.38 bits per heavy atom. The molecule has 6 nitrogen and oxygen atoms in total. The van der Waals surface area contributed by atoms with E-state index in [9.17, 15) is 8.42 Å². The van der Waals surface area contributed by atoms with E-state index in [1.165, 1.54) is 4.31 Å². The predicted molar refractivity (Wildman–Crippen MR) is 85.1 cm³/mol. The molecule has 0 aromatic carbocycles. The fraction of sp³-hybridized carbons (Fsp3) is 0.643. The largest absolute Gasteiger partial charge is 0.314 e. The number of aryl methyl sites for hydroxylation is 1. The third-order valence-electron chi connectivity index (χ3n) is 3.21. The normalized spacial score (nSPS) is 12.3. The van der Waals surface area contributed by atoms with E-state index >= 15 is 0 Å². The summed E-state index contributed by atoms with van der Waals surface area (Å²) in [6, 6.07) is 2.28. The van der Waals surface area contributed by atoms with Crippen molar-refractivity contribution in [2.45, 2.75) is 39.8 Å². The average molecular weight is 314 g/mol. The summed E-state index contributed by atoms with van der Waals surface area (Å²) >= 11 is 0. The van der Waals surface area contributed by atoms with Crippen LogP contribution in [-0.4, -0.2) is 43.9 Å². The Bertz CT molecular complexity index is 532. The predicted octanol–water partition coefficient (Wildman–Crippen LogP) is 1.04. The lowest BCUT2D eigenvalue weighted by molar-refractivity contribution is 0.439. The molecule has 1 rings (SSSR count). The molecule has 0 aliphatic rings. The maximum atomic E-state index is 12.1. The van der Waals surface area contributed by atoms with Crippen LogP contribution in [0.1, 0.15) is 31.4 Å². The zero-order chi connectivity index (χ0) is 15.9. The Morgan fingerprint density at radius 3 is 2.71 bits per heavy atom. The van der Waals surface area contributed by atoms with E-state index in [0.29, 0.717) is 12.6 Å². The van der Waals surface area contributed by atoms with Crippen LogP contribution in [0.5, 0.6) is 0 Å². The molecule has 0 bridgehead atoms. The second-order valence-corrected chi connectivity index (χ2v) is 7.27. The minimum atomic E-state index is -3.45. The van der Waals surface area contributed by atoms with Crippen LogP contribution in [0.15, 0.2) is 18.5 Å². The zero-order valence-electron chi connectivity index (χ0n) is 13.3. The number of pyridine rings is 1. The molecule has 0 atom stereocenters. The molecule has 2 N–H and O–H groups in total. The molecule has 0 amide bonds. The van der Waals surface area contributed by atoms with Crippen LogP contribution in [0.2, 0.25) is 0 Å². The van der Waals surface area contributed by atoms with Gasteiger partial charge in [0.05, 0.1) is 0 Å². The van der Waals surface area contributed by atoms with Crippen molar-refractivity contribution in [3.05, 3.63) is 29.6 Å². The molecule has 21 heavy (non-hydrogen) atoms. The Labute approximate surface area is 128 Å². The van der Waals surface area contributed by atoms with Crippen LogP contribution in [0.4, 0.5) is 0 Å². The molecule has 0 aliphatic carbocycles. The highest BCUT2D eigenvalue weighted by Crippen LogP contribution is 2.05. The molecular formula is C14H26N4O2S. The first-order chi connectivity index (χ1) is 9.83. The minimum absolute atomic E-state index is 0.261. The van der Waals surface area contributed by atoms with Gasteiger partial charge in [-0.05, 0) is 37.1 Å². The third-order valence-corrected chi connectivity index (χ3v) is 4.72. The molecule has 120 valence electrons. The summed E-state index contributed by atoms with van der Waals surface area (Å²) in [4.78, 5) is 4.01. The second kappa shape index (κ2) is 8.43. The molecular weight excluding hydrogens is 288 g/mol. The average Bonchev–Trinajstić information content (AvgIpc) is 2.42. The highest BCUT2D eigenvalue weighted by atomic mass is 32.2. The van der Waals surface area contributed by atoms with E-state index in [-0.39, 0.29) is 6.54 Å². The summed E-state index contributed by atoms with van der Waals surface area (Å²) in [6.45, 7) is 7.63. The summed E-state index contributed by atoms with van der Waals surface area (Å²) in [7, 11) is -1.86. The molecule has 0 fully saturated rings. The van der Waals surface area contributed by atoms with Crippen molar-refractivity contribution >= 4 is 10.2 Å². The number of hydrogen-bond donors (Lipinski definition) is 2. The first-order valence-corrected chi connectivity index (χ1v) is 8.60. The van der Waals surface area contributed by atoms with E-state index in [1.54, 1.807) is 19.4 Å². The summed E-state index contributed by atoms with van der Waals surface area (Å²) in [6.07, 6.45) is 4.16. The van der Waals surface area contributed by atoms with Gasteiger partial charge in [0.2, 0.25) is 0 Å². The van der Waals surface area contributed by atoms with Crippen molar-refractivity contribution in [2.24, 2.45) is 0 Å². The Hall–Kier alpha value is -1.02. The van der Waals surface area contributed by atoms with Gasteiger partial charge in [0.1, 0.15) is 0 Å². The molecule has 1 heterocycles. The van der Waals surface area contributed by atoms with Gasteiger partial charge in [0.25, 0.3) is 10.2 Å². The van der Waals surface area contributed by atoms with Gasteiger partial charge in [-0.2, -0.15) is 17.4 Å². The third kappa shape index (κ3) is 6.52. The van der Waals surface area contributed by atoms with Crippen LogP contribution in [-0.2, 0) is 16.8 Å². The van der Waals surface area contributed by atoms with Gasteiger partial charge in [0, 0.05) is 38.6 Å². The van der Waals surface area contributed by atoms with Crippen LogP contribution >= 0.6 is 0 Å². The zero-order valence-corrected chi connectivity index (χ0v) is 14.1. The molecule has 0 unspecified atom stereocenters. The van der Waals surface area contributed by atoms with Crippen molar-refractivity contribution in [2.75, 3.05) is 20.1 Å². The van der Waals surface area contributed by atoms with Gasteiger partial charge in [-0.15, -0.1) is 0 Å². The van der Waals surface area contributed by atoms with Crippen LogP contribution in [0, 0.1) is 6.92 Å². The topological polar surface area (TPSA) is 74.3 Å². The van der Waals surface area contributed by atoms with E-state index < -0.39 is 10.2 Å². The van der Waals surface area contributed by atoms with Gasteiger partial charge < -0.3 is 5.32 Å². The summed E-state index contributed by atoms with van der Waals surface area (Å²) < 4.78 is 28.2. The lowest BCUT2D eigenvalue weighted by Gasteiger charge is -2.18. The van der Waals surface area contributed by atoms with E-state index in [0.717, 1.165) is 24.1 Å². The quantitative estimate of drug-likeness (QED) is 0.668. The molecule has 0 spiro atoms. The van der Waals surface area contributed by atoms with Crippen molar-refractivity contribution in [1.82, 2.24) is 19.3 Å². The second-order valence-electron chi connectivity index (χ2n) is 5.41. The Morgan fingerprint density at radius 2 is 2.10 bits per heavy atom. The standard InChI is InChI=1S/C14H26N4O2S/c1-12(2)16-7-5-9-18(4)21(19,20)17-11-14-10-15-8-6-13(14)3/h6,8,10,12,16-17H,5,7,9,11H2,1-4H3. The smallest absolute Gasteiger partial charge is 0.279 e. The van der Waals surface area contributed by atoms with Gasteiger partial charge in [-0.3, -0.25) is 4.98 Å². The summed E-state index contributed by atoms with van der Waals surface area (Å²) in [5.74, 6) is 0. The number of aromatic nitrogens is 1. The van der Waals surface area contributed by atoms with Crippen molar-refractivity contribution in [3.8, 4) is 0 Å². The maximum Gasteiger partial charge on any atom is 0.279 e. The number of hydrogen-bond acceptors (Lipinski definition) is 4. The van der Waals surface area contributed by atoms with Crippen molar-refractivity contribution < 1.29 is 8.42 Å². The molecule has 0 saturated carbocycles. The Kier molecular flexibility index (Phi) is 7.24. The molecule has 0 aliphatic heterocycles. The van der Waals surface area contributed by atoms with Gasteiger partial charge in [-0.1, -0.05) is 13.8 Å². The van der Waals surface area contributed by atoms with E-state index in [2.05, 4.69) is 28.9 Å². The van der Waals surface area contributed by atoms with Crippen LogP contribution in [0.25, 0.3) is 0 Å². The van der Waals surface area contributed by atoms with Gasteiger partial charge >= 0.3 is 0 Å². The minimum Gasteiger partial charge on any atom is -0.314 e. The fourth-order valence-electron chi connectivity index (χ4n) is 1.77. The molecule has 0 saturated heterocycles. The van der Waals surface area contributed by atoms with Gasteiger partial charge in [0.15, 0.2) is 0 Å². The lowest BCUT2D eigenvalue weighted by Crippen LogP contribution is -2.39. The van der Waals surface area contributed by atoms with E-state index in [4.69, 9.17) is 0 Å². The van der Waals surface area contributed by atoms with Gasteiger partial charge in [-0.25, -0.2) is 0 Å². The van der Waals surface area contributed by atoms with E-state index in [1.807, 2.05) is 13.0 Å². The Balaban J connectivity index is 2.43. The molecule has 1 aromatic heterocycles. The number of nitrogens with zero attached hydrogens (tertiary/aromatic N) is 2. The number of nitrogens with one attached hydrogen (secondary N) is 2. The summed E-state index contributed by atoms with van der Waals surface area (Å²) in [5.41, 5.74) is 1.91. The summed E-state index contributed by atoms with van der Waals surface area (Å²) in [5, 5.41) is 3.27. The maximum absolute atomic E-state index is 12.1. The molecule has 1 aromatic rings. The first kappa shape index (κ1) is 18.0. The van der Waals surface area contributed by atoms with Crippen LogP contribution in [0.3, 0.4) is 0 Å². The fourth-order valence-corrected chi connectivity index (χ4v) is 2.70.